The van der Waals surface area contributed by atoms with Crippen LogP contribution in [-0.4, -0.2) is 42.0 Å². The Morgan fingerprint density at radius 2 is 2.15 bits per heavy atom. The second-order valence-corrected chi connectivity index (χ2v) is 3.44. The summed E-state index contributed by atoms with van der Waals surface area (Å²) in [4.78, 5) is 12.6. The van der Waals surface area contributed by atoms with Gasteiger partial charge in [-0.15, -0.1) is 0 Å². The zero-order valence-corrected chi connectivity index (χ0v) is 7.46. The van der Waals surface area contributed by atoms with E-state index in [1.165, 1.54) is 11.9 Å². The fraction of sp³-hybridized carbons (Fsp3) is 0.875. The molecule has 3 nitrogen and oxygen atoms in total. The van der Waals surface area contributed by atoms with E-state index >= 15 is 0 Å². The molecule has 1 saturated carbocycles. The maximum Gasteiger partial charge on any atom is 0.249 e. The monoisotopic (exact) mass is 193 g/mol. The topological polar surface area (TPSA) is 40.5 Å². The van der Waals surface area contributed by atoms with Gasteiger partial charge >= 0.3 is 0 Å². The zero-order chi connectivity index (χ0) is 10.1. The van der Waals surface area contributed by atoms with E-state index in [2.05, 4.69) is 0 Å². The molecule has 0 aromatic carbocycles. The third-order valence-electron chi connectivity index (χ3n) is 2.25. The Morgan fingerprint density at radius 1 is 1.62 bits per heavy atom. The van der Waals surface area contributed by atoms with Gasteiger partial charge in [0.2, 0.25) is 11.8 Å². The maximum atomic E-state index is 12.4. The normalized spacial score (nSPS) is 20.9. The number of halogens is 2. The molecule has 76 valence electrons. The number of carbonyl (C=O) groups is 1. The van der Waals surface area contributed by atoms with Crippen LogP contribution < -0.4 is 0 Å². The largest absolute Gasteiger partial charge is 0.395 e. The average Bonchev–Trinajstić information content (AvgIpc) is 1.99. The Morgan fingerprint density at radius 3 is 2.54 bits per heavy atom. The predicted octanol–water partition coefficient (Wildman–Crippen LogP) is 0.482. The van der Waals surface area contributed by atoms with Crippen molar-refractivity contribution in [1.29, 1.82) is 0 Å². The van der Waals surface area contributed by atoms with Gasteiger partial charge in [-0.25, -0.2) is 8.78 Å². The third-order valence-corrected chi connectivity index (χ3v) is 2.25. The summed E-state index contributed by atoms with van der Waals surface area (Å²) in [5, 5.41) is 8.52. The maximum absolute atomic E-state index is 12.4. The minimum atomic E-state index is -2.65. The van der Waals surface area contributed by atoms with Crippen LogP contribution in [-0.2, 0) is 4.79 Å². The van der Waals surface area contributed by atoms with Crippen molar-refractivity contribution in [2.45, 2.75) is 18.8 Å². The van der Waals surface area contributed by atoms with Gasteiger partial charge in [-0.3, -0.25) is 4.79 Å². The number of amides is 1. The molecule has 0 spiro atoms. The molecule has 1 aliphatic carbocycles. The lowest BCUT2D eigenvalue weighted by Gasteiger charge is -2.35. The van der Waals surface area contributed by atoms with Crippen LogP contribution in [0.2, 0.25) is 0 Å². The summed E-state index contributed by atoms with van der Waals surface area (Å²) in [7, 11) is 1.51. The van der Waals surface area contributed by atoms with Crippen LogP contribution >= 0.6 is 0 Å². The highest BCUT2D eigenvalue weighted by Crippen LogP contribution is 2.42. The van der Waals surface area contributed by atoms with Gasteiger partial charge < -0.3 is 10.0 Å². The zero-order valence-electron chi connectivity index (χ0n) is 7.46. The molecule has 0 bridgehead atoms. The second-order valence-electron chi connectivity index (χ2n) is 3.44. The van der Waals surface area contributed by atoms with Crippen LogP contribution in [0.1, 0.15) is 12.8 Å². The molecule has 1 N–H and O–H groups in total. The van der Waals surface area contributed by atoms with E-state index in [9.17, 15) is 13.6 Å². The van der Waals surface area contributed by atoms with Crippen molar-refractivity contribution < 1.29 is 18.7 Å². The number of aliphatic hydroxyl groups excluding tert-OH is 1. The number of aliphatic hydroxyl groups is 1. The van der Waals surface area contributed by atoms with Gasteiger partial charge in [-0.05, 0) is 0 Å². The number of alkyl halides is 2. The quantitative estimate of drug-likeness (QED) is 0.708. The van der Waals surface area contributed by atoms with E-state index in [1.807, 2.05) is 0 Å². The molecule has 1 rings (SSSR count). The van der Waals surface area contributed by atoms with Crippen LogP contribution in [0.3, 0.4) is 0 Å². The summed E-state index contributed by atoms with van der Waals surface area (Å²) in [5.41, 5.74) is 0. The molecule has 1 aliphatic rings. The SMILES string of the molecule is CN(CCO)C(=O)C1CC(F)(F)C1. The molecule has 5 heteroatoms. The van der Waals surface area contributed by atoms with Crippen molar-refractivity contribution in [2.24, 2.45) is 5.92 Å². The van der Waals surface area contributed by atoms with Gasteiger partial charge in [-0.2, -0.15) is 0 Å². The molecule has 0 unspecified atom stereocenters. The lowest BCUT2D eigenvalue weighted by atomic mass is 9.80. The van der Waals surface area contributed by atoms with Crippen molar-refractivity contribution in [3.05, 3.63) is 0 Å². The predicted molar refractivity (Wildman–Crippen MR) is 42.4 cm³/mol. The Hall–Kier alpha value is -0.710. The first-order valence-electron chi connectivity index (χ1n) is 4.20. The van der Waals surface area contributed by atoms with Crippen LogP contribution in [0.5, 0.6) is 0 Å². The van der Waals surface area contributed by atoms with E-state index in [0.29, 0.717) is 0 Å². The molecule has 0 heterocycles. The van der Waals surface area contributed by atoms with Crippen LogP contribution in [0.15, 0.2) is 0 Å². The summed E-state index contributed by atoms with van der Waals surface area (Å²) in [5.74, 6) is -3.49. The molecule has 0 aliphatic heterocycles. The Kier molecular flexibility index (Phi) is 2.85. The molecule has 0 aromatic rings. The molecule has 1 fully saturated rings. The summed E-state index contributed by atoms with van der Waals surface area (Å²) < 4.78 is 24.8. The van der Waals surface area contributed by atoms with E-state index in [1.54, 1.807) is 0 Å². The first kappa shape index (κ1) is 10.4. The summed E-state index contributed by atoms with van der Waals surface area (Å²) >= 11 is 0. The fourth-order valence-corrected chi connectivity index (χ4v) is 1.41. The molecule has 0 saturated heterocycles. The molecule has 0 aromatic heterocycles. The Balaban J connectivity index is 2.34. The fourth-order valence-electron chi connectivity index (χ4n) is 1.41. The molecule has 1 amide bonds. The standard InChI is InChI=1S/C8H13F2NO2/c1-11(2-3-12)7(13)6-4-8(9,10)5-6/h6,12H,2-5H2,1H3. The van der Waals surface area contributed by atoms with Gasteiger partial charge in [-0.1, -0.05) is 0 Å². The van der Waals surface area contributed by atoms with Crippen LogP contribution in [0.25, 0.3) is 0 Å². The van der Waals surface area contributed by atoms with Crippen molar-refractivity contribution in [2.75, 3.05) is 20.2 Å². The molecular formula is C8H13F2NO2. The summed E-state index contributed by atoms with van der Waals surface area (Å²) in [6.07, 6.45) is -0.691. The van der Waals surface area contributed by atoms with Crippen molar-refractivity contribution in [3.63, 3.8) is 0 Å². The molecular weight excluding hydrogens is 180 g/mol. The average molecular weight is 193 g/mol. The summed E-state index contributed by atoms with van der Waals surface area (Å²) in [6, 6.07) is 0. The molecule has 0 radical (unpaired) electrons. The van der Waals surface area contributed by atoms with E-state index in [0.717, 1.165) is 0 Å². The van der Waals surface area contributed by atoms with E-state index < -0.39 is 11.8 Å². The van der Waals surface area contributed by atoms with E-state index in [4.69, 9.17) is 5.11 Å². The van der Waals surface area contributed by atoms with Crippen molar-refractivity contribution in [3.8, 4) is 0 Å². The highest BCUT2D eigenvalue weighted by atomic mass is 19.3. The minimum absolute atomic E-state index is 0.134. The van der Waals surface area contributed by atoms with E-state index in [-0.39, 0.29) is 31.9 Å². The van der Waals surface area contributed by atoms with Crippen molar-refractivity contribution in [1.82, 2.24) is 4.90 Å². The lowest BCUT2D eigenvalue weighted by molar-refractivity contribution is -0.158. The Labute approximate surface area is 75.3 Å². The molecule has 13 heavy (non-hydrogen) atoms. The first-order chi connectivity index (χ1) is 5.96. The van der Waals surface area contributed by atoms with Gasteiger partial charge in [0.25, 0.3) is 0 Å². The molecule has 0 atom stereocenters. The second kappa shape index (κ2) is 3.57. The van der Waals surface area contributed by atoms with Gasteiger partial charge in [0, 0.05) is 32.4 Å². The van der Waals surface area contributed by atoms with Crippen molar-refractivity contribution >= 4 is 5.91 Å². The van der Waals surface area contributed by atoms with Gasteiger partial charge in [0.1, 0.15) is 0 Å². The van der Waals surface area contributed by atoms with Gasteiger partial charge in [0.05, 0.1) is 6.61 Å². The highest BCUT2D eigenvalue weighted by Gasteiger charge is 2.49. The first-order valence-corrected chi connectivity index (χ1v) is 4.20. The van der Waals surface area contributed by atoms with Crippen LogP contribution in [0.4, 0.5) is 8.78 Å². The van der Waals surface area contributed by atoms with Crippen LogP contribution in [0, 0.1) is 5.92 Å². The third kappa shape index (κ3) is 2.37. The number of carbonyl (C=O) groups excluding carboxylic acids is 1. The number of hydrogen-bond acceptors (Lipinski definition) is 2. The highest BCUT2D eigenvalue weighted by molar-refractivity contribution is 5.79. The lowest BCUT2D eigenvalue weighted by Crippen LogP contribution is -2.46. The smallest absolute Gasteiger partial charge is 0.249 e. The number of hydrogen-bond donors (Lipinski definition) is 1. The Bertz CT molecular complexity index is 200. The van der Waals surface area contributed by atoms with Gasteiger partial charge in [0.15, 0.2) is 0 Å². The number of likely N-dealkylation sites (N-methyl/N-ethyl adjacent to an activating group) is 1. The summed E-state index contributed by atoms with van der Waals surface area (Å²) in [6.45, 7) is 0.0757. The number of nitrogens with zero attached hydrogens (tertiary/aromatic N) is 1. The minimum Gasteiger partial charge on any atom is -0.395 e. The number of rotatable bonds is 3.